The van der Waals surface area contributed by atoms with E-state index in [1.54, 1.807) is 25.3 Å². The fourth-order valence-corrected chi connectivity index (χ4v) is 1.49. The number of hydrogen-bond donors (Lipinski definition) is 1. The van der Waals surface area contributed by atoms with Gasteiger partial charge in [-0.25, -0.2) is 14.8 Å². The summed E-state index contributed by atoms with van der Waals surface area (Å²) < 4.78 is 5.57. The molecular weight excluding hydrogens is 232 g/mol. The molecule has 0 fully saturated rings. The first-order valence-electron chi connectivity index (χ1n) is 5.38. The van der Waals surface area contributed by atoms with Gasteiger partial charge in [-0.2, -0.15) is 0 Å². The number of carboxylic acids is 1. The zero-order chi connectivity index (χ0) is 13.1. The normalized spacial score (nSPS) is 10.1. The Morgan fingerprint density at radius 3 is 2.78 bits per heavy atom. The lowest BCUT2D eigenvalue weighted by Gasteiger charge is -2.08. The second-order valence-corrected chi connectivity index (χ2v) is 3.80. The highest BCUT2D eigenvalue weighted by molar-refractivity contribution is 5.88. The van der Waals surface area contributed by atoms with Crippen LogP contribution >= 0.6 is 0 Å². The van der Waals surface area contributed by atoms with Crippen molar-refractivity contribution in [1.29, 1.82) is 0 Å². The summed E-state index contributed by atoms with van der Waals surface area (Å²) in [7, 11) is 0. The van der Waals surface area contributed by atoms with Gasteiger partial charge in [0.2, 0.25) is 0 Å². The first-order chi connectivity index (χ1) is 8.56. The third-order valence-corrected chi connectivity index (χ3v) is 2.36. The van der Waals surface area contributed by atoms with Gasteiger partial charge in [-0.15, -0.1) is 0 Å². The number of benzene rings is 1. The first-order valence-corrected chi connectivity index (χ1v) is 5.38. The molecule has 0 saturated carbocycles. The molecule has 0 aliphatic rings. The molecule has 92 valence electrons. The van der Waals surface area contributed by atoms with Gasteiger partial charge in [-0.3, -0.25) is 0 Å². The highest BCUT2D eigenvalue weighted by Crippen LogP contribution is 2.23. The van der Waals surface area contributed by atoms with Gasteiger partial charge in [0.25, 0.3) is 0 Å². The standard InChI is InChI=1S/C13H12N2O3/c1-8-12(7-14-9(2)15-8)18-11-5-3-4-10(6-11)13(16)17/h3-7H,1-2H3,(H,16,17). The third-order valence-electron chi connectivity index (χ3n) is 2.36. The molecule has 0 bridgehead atoms. The number of aryl methyl sites for hydroxylation is 2. The lowest BCUT2D eigenvalue weighted by Crippen LogP contribution is -1.98. The van der Waals surface area contributed by atoms with Crippen molar-refractivity contribution in [2.24, 2.45) is 0 Å². The lowest BCUT2D eigenvalue weighted by molar-refractivity contribution is 0.0696. The quantitative estimate of drug-likeness (QED) is 0.898. The van der Waals surface area contributed by atoms with E-state index in [0.717, 1.165) is 0 Å². The summed E-state index contributed by atoms with van der Waals surface area (Å²) in [6.45, 7) is 3.60. The maximum Gasteiger partial charge on any atom is 0.335 e. The van der Waals surface area contributed by atoms with Crippen LogP contribution in [0.5, 0.6) is 11.5 Å². The monoisotopic (exact) mass is 244 g/mol. The molecule has 1 aromatic carbocycles. The summed E-state index contributed by atoms with van der Waals surface area (Å²) in [6, 6.07) is 6.28. The van der Waals surface area contributed by atoms with Crippen LogP contribution in [0.15, 0.2) is 30.5 Å². The van der Waals surface area contributed by atoms with E-state index in [-0.39, 0.29) is 5.56 Å². The predicted octanol–water partition coefficient (Wildman–Crippen LogP) is 2.58. The molecule has 0 saturated heterocycles. The van der Waals surface area contributed by atoms with Crippen LogP contribution in [-0.4, -0.2) is 21.0 Å². The van der Waals surface area contributed by atoms with Gasteiger partial charge in [-0.05, 0) is 32.0 Å². The summed E-state index contributed by atoms with van der Waals surface area (Å²) in [5, 5.41) is 8.89. The lowest BCUT2D eigenvalue weighted by atomic mass is 10.2. The van der Waals surface area contributed by atoms with Crippen molar-refractivity contribution in [2.45, 2.75) is 13.8 Å². The molecule has 0 aliphatic heterocycles. The summed E-state index contributed by atoms with van der Waals surface area (Å²) >= 11 is 0. The predicted molar refractivity (Wildman–Crippen MR) is 65.0 cm³/mol. The van der Waals surface area contributed by atoms with Gasteiger partial charge in [0.05, 0.1) is 17.5 Å². The Bertz CT molecular complexity index is 597. The highest BCUT2D eigenvalue weighted by atomic mass is 16.5. The van der Waals surface area contributed by atoms with Gasteiger partial charge in [0, 0.05) is 0 Å². The van der Waals surface area contributed by atoms with Crippen LogP contribution in [0.25, 0.3) is 0 Å². The Kier molecular flexibility index (Phi) is 3.23. The van der Waals surface area contributed by atoms with E-state index in [9.17, 15) is 4.79 Å². The molecule has 18 heavy (non-hydrogen) atoms. The van der Waals surface area contributed by atoms with Crippen molar-refractivity contribution in [3.8, 4) is 11.5 Å². The SMILES string of the molecule is Cc1ncc(Oc2cccc(C(=O)O)c2)c(C)n1. The zero-order valence-electron chi connectivity index (χ0n) is 10.0. The largest absolute Gasteiger partial charge is 0.478 e. The van der Waals surface area contributed by atoms with Gasteiger partial charge in [0.1, 0.15) is 11.6 Å². The van der Waals surface area contributed by atoms with Crippen LogP contribution < -0.4 is 4.74 Å². The van der Waals surface area contributed by atoms with Crippen molar-refractivity contribution < 1.29 is 14.6 Å². The average molecular weight is 244 g/mol. The Balaban J connectivity index is 2.28. The van der Waals surface area contributed by atoms with Crippen molar-refractivity contribution in [3.05, 3.63) is 47.5 Å². The molecular formula is C13H12N2O3. The van der Waals surface area contributed by atoms with E-state index in [0.29, 0.717) is 23.0 Å². The van der Waals surface area contributed by atoms with Crippen molar-refractivity contribution in [1.82, 2.24) is 9.97 Å². The number of aromatic carboxylic acids is 1. The van der Waals surface area contributed by atoms with E-state index in [2.05, 4.69) is 9.97 Å². The van der Waals surface area contributed by atoms with Gasteiger partial charge < -0.3 is 9.84 Å². The maximum atomic E-state index is 10.8. The third kappa shape index (κ3) is 2.63. The highest BCUT2D eigenvalue weighted by Gasteiger charge is 2.07. The van der Waals surface area contributed by atoms with Crippen LogP contribution in [0.4, 0.5) is 0 Å². The summed E-state index contributed by atoms with van der Waals surface area (Å²) in [4.78, 5) is 19.1. The fourth-order valence-electron chi connectivity index (χ4n) is 1.49. The molecule has 0 spiro atoms. The van der Waals surface area contributed by atoms with Crippen molar-refractivity contribution >= 4 is 5.97 Å². The van der Waals surface area contributed by atoms with E-state index < -0.39 is 5.97 Å². The first kappa shape index (κ1) is 12.0. The number of carbonyl (C=O) groups is 1. The minimum Gasteiger partial charge on any atom is -0.478 e. The molecule has 1 aromatic heterocycles. The van der Waals surface area contributed by atoms with E-state index in [1.165, 1.54) is 12.1 Å². The molecule has 0 radical (unpaired) electrons. The molecule has 5 nitrogen and oxygen atoms in total. The number of hydrogen-bond acceptors (Lipinski definition) is 4. The Labute approximate surface area is 104 Å². The van der Waals surface area contributed by atoms with E-state index in [4.69, 9.17) is 9.84 Å². The smallest absolute Gasteiger partial charge is 0.335 e. The summed E-state index contributed by atoms with van der Waals surface area (Å²) in [5.41, 5.74) is 0.890. The molecule has 0 aliphatic carbocycles. The summed E-state index contributed by atoms with van der Waals surface area (Å²) in [6.07, 6.45) is 1.57. The minimum atomic E-state index is -0.989. The molecule has 1 heterocycles. The molecule has 1 N–H and O–H groups in total. The second kappa shape index (κ2) is 4.83. The van der Waals surface area contributed by atoms with Gasteiger partial charge in [-0.1, -0.05) is 6.07 Å². The topological polar surface area (TPSA) is 72.3 Å². The average Bonchev–Trinajstić information content (AvgIpc) is 2.33. The number of carboxylic acid groups (broad SMARTS) is 1. The molecule has 0 unspecified atom stereocenters. The number of aromatic nitrogens is 2. The minimum absolute atomic E-state index is 0.179. The van der Waals surface area contributed by atoms with Crippen molar-refractivity contribution in [3.63, 3.8) is 0 Å². The molecule has 5 heteroatoms. The number of ether oxygens (including phenoxy) is 1. The van der Waals surface area contributed by atoms with E-state index in [1.807, 2.05) is 6.92 Å². The number of nitrogens with zero attached hydrogens (tertiary/aromatic N) is 2. The van der Waals surface area contributed by atoms with Crippen LogP contribution in [0.2, 0.25) is 0 Å². The molecule has 2 rings (SSSR count). The van der Waals surface area contributed by atoms with Crippen molar-refractivity contribution in [2.75, 3.05) is 0 Å². The zero-order valence-corrected chi connectivity index (χ0v) is 10.0. The summed E-state index contributed by atoms with van der Waals surface area (Å²) in [5.74, 6) is 0.644. The maximum absolute atomic E-state index is 10.8. The van der Waals surface area contributed by atoms with Crippen LogP contribution in [-0.2, 0) is 0 Å². The molecule has 2 aromatic rings. The van der Waals surface area contributed by atoms with Gasteiger partial charge in [0.15, 0.2) is 5.75 Å². The fraction of sp³-hybridized carbons (Fsp3) is 0.154. The van der Waals surface area contributed by atoms with E-state index >= 15 is 0 Å². The number of rotatable bonds is 3. The van der Waals surface area contributed by atoms with Crippen LogP contribution in [0.3, 0.4) is 0 Å². The Morgan fingerprint density at radius 2 is 2.11 bits per heavy atom. The van der Waals surface area contributed by atoms with Crippen LogP contribution in [0.1, 0.15) is 21.9 Å². The molecule has 0 amide bonds. The Hall–Kier alpha value is -2.43. The van der Waals surface area contributed by atoms with Gasteiger partial charge >= 0.3 is 5.97 Å². The van der Waals surface area contributed by atoms with Crippen LogP contribution in [0, 0.1) is 13.8 Å². The second-order valence-electron chi connectivity index (χ2n) is 3.80. The molecule has 0 atom stereocenters. The Morgan fingerprint density at radius 1 is 1.33 bits per heavy atom.